The van der Waals surface area contributed by atoms with Gasteiger partial charge in [-0.15, -0.1) is 0 Å². The Morgan fingerprint density at radius 3 is 2.81 bits per heavy atom. The monoisotopic (exact) mass is 412 g/mol. The summed E-state index contributed by atoms with van der Waals surface area (Å²) in [6.07, 6.45) is 4.65. The molecule has 1 aliphatic carbocycles. The molecule has 1 amide bonds. The second-order valence-electron chi connectivity index (χ2n) is 8.14. The Bertz CT molecular complexity index is 1260. The van der Waals surface area contributed by atoms with Crippen LogP contribution < -0.4 is 11.1 Å². The zero-order chi connectivity index (χ0) is 21.4. The first-order chi connectivity index (χ1) is 15.1. The molecule has 7 heteroatoms. The predicted octanol–water partition coefficient (Wildman–Crippen LogP) is 3.65. The molecule has 0 saturated carbocycles. The number of nitrogens with two attached hydrogens (primary N) is 1. The number of rotatable bonds is 5. The zero-order valence-corrected chi connectivity index (χ0v) is 17.4. The van der Waals surface area contributed by atoms with Crippen LogP contribution in [0, 0.1) is 5.92 Å². The van der Waals surface area contributed by atoms with Crippen LogP contribution in [0.2, 0.25) is 0 Å². The van der Waals surface area contributed by atoms with Crippen molar-refractivity contribution in [2.24, 2.45) is 11.7 Å². The Kier molecular flexibility index (Phi) is 4.86. The van der Waals surface area contributed by atoms with Crippen molar-refractivity contribution < 1.29 is 4.79 Å². The third-order valence-electron chi connectivity index (χ3n) is 5.88. The molecule has 5 rings (SSSR count). The number of anilines is 1. The molecule has 2 heterocycles. The van der Waals surface area contributed by atoms with Gasteiger partial charge in [0, 0.05) is 17.5 Å². The molecule has 0 saturated heterocycles. The van der Waals surface area contributed by atoms with Gasteiger partial charge in [0.1, 0.15) is 5.82 Å². The largest absolute Gasteiger partial charge is 0.366 e. The maximum absolute atomic E-state index is 11.8. The maximum Gasteiger partial charge on any atom is 0.253 e. The van der Waals surface area contributed by atoms with Crippen LogP contribution in [-0.2, 0) is 19.4 Å². The minimum Gasteiger partial charge on any atom is -0.366 e. The number of primary amides is 1. The molecule has 2 aromatic carbocycles. The van der Waals surface area contributed by atoms with E-state index in [2.05, 4.69) is 29.5 Å². The average molecular weight is 412 g/mol. The normalized spacial score (nSPS) is 15.6. The van der Waals surface area contributed by atoms with Gasteiger partial charge in [-0.05, 0) is 42.9 Å². The van der Waals surface area contributed by atoms with Gasteiger partial charge in [-0.3, -0.25) is 4.79 Å². The number of fused-ring (bicyclic) bond motifs is 2. The van der Waals surface area contributed by atoms with E-state index < -0.39 is 5.91 Å². The molecular formula is C24H24N6O. The lowest BCUT2D eigenvalue weighted by atomic mass is 9.88. The third-order valence-corrected chi connectivity index (χ3v) is 5.88. The Balaban J connectivity index is 1.59. The highest BCUT2D eigenvalue weighted by Crippen LogP contribution is 2.30. The minimum absolute atomic E-state index is 0.442. The van der Waals surface area contributed by atoms with E-state index in [9.17, 15) is 4.79 Å². The van der Waals surface area contributed by atoms with E-state index in [-0.39, 0.29) is 0 Å². The first-order valence-corrected chi connectivity index (χ1v) is 10.5. The molecule has 2 aromatic heterocycles. The fraction of sp³-hybridized carbons (Fsp3) is 0.250. The summed E-state index contributed by atoms with van der Waals surface area (Å²) in [5.74, 6) is 1.45. The molecule has 3 N–H and O–H groups in total. The fourth-order valence-corrected chi connectivity index (χ4v) is 4.22. The number of carbonyl (C=O) groups is 1. The smallest absolute Gasteiger partial charge is 0.253 e. The minimum atomic E-state index is -0.476. The van der Waals surface area contributed by atoms with Crippen LogP contribution in [0.15, 0.2) is 54.7 Å². The van der Waals surface area contributed by atoms with Crippen molar-refractivity contribution in [3.8, 4) is 5.95 Å². The summed E-state index contributed by atoms with van der Waals surface area (Å²) in [5.41, 5.74) is 10.2. The van der Waals surface area contributed by atoms with Gasteiger partial charge in [0.25, 0.3) is 5.95 Å². The quantitative estimate of drug-likeness (QED) is 0.521. The lowest BCUT2D eigenvalue weighted by molar-refractivity contribution is 0.100. The standard InChI is InChI=1S/C24H24N6O/c1-15-10-11-18-20(12-15)28-24(29-23(18)26-13-16-6-3-2-4-7-16)30-21-9-5-8-17(22(25)31)19(21)14-27-30/h2-9,14-15H,10-13H2,1H3,(H2,25,31)(H,26,28,29). The molecule has 4 aromatic rings. The molecule has 1 atom stereocenters. The van der Waals surface area contributed by atoms with Gasteiger partial charge in [-0.1, -0.05) is 43.3 Å². The number of nitrogens with zero attached hydrogens (tertiary/aromatic N) is 4. The molecular weight excluding hydrogens is 388 g/mol. The number of benzene rings is 2. The van der Waals surface area contributed by atoms with Gasteiger partial charge in [0.05, 0.1) is 23.0 Å². The highest BCUT2D eigenvalue weighted by atomic mass is 16.1. The van der Waals surface area contributed by atoms with Gasteiger partial charge >= 0.3 is 0 Å². The first-order valence-electron chi connectivity index (χ1n) is 10.5. The molecule has 0 spiro atoms. The van der Waals surface area contributed by atoms with Crippen LogP contribution in [0.1, 0.15) is 40.5 Å². The number of nitrogens with one attached hydrogen (secondary N) is 1. The van der Waals surface area contributed by atoms with E-state index in [4.69, 9.17) is 15.7 Å². The molecule has 1 aliphatic rings. The van der Waals surface area contributed by atoms with Crippen LogP contribution in [-0.4, -0.2) is 25.7 Å². The van der Waals surface area contributed by atoms with Crippen molar-refractivity contribution in [3.05, 3.63) is 77.1 Å². The van der Waals surface area contributed by atoms with E-state index in [1.807, 2.05) is 24.3 Å². The molecule has 7 nitrogen and oxygen atoms in total. The van der Waals surface area contributed by atoms with Crippen molar-refractivity contribution in [2.45, 2.75) is 32.7 Å². The van der Waals surface area contributed by atoms with Crippen molar-refractivity contribution in [3.63, 3.8) is 0 Å². The highest BCUT2D eigenvalue weighted by molar-refractivity contribution is 6.05. The highest BCUT2D eigenvalue weighted by Gasteiger charge is 2.23. The maximum atomic E-state index is 11.8. The lowest BCUT2D eigenvalue weighted by Gasteiger charge is -2.23. The predicted molar refractivity (Wildman–Crippen MR) is 120 cm³/mol. The van der Waals surface area contributed by atoms with E-state index in [1.165, 1.54) is 11.1 Å². The summed E-state index contributed by atoms with van der Waals surface area (Å²) < 4.78 is 1.69. The summed E-state index contributed by atoms with van der Waals surface area (Å²) in [5, 5.41) is 8.71. The number of aromatic nitrogens is 4. The Morgan fingerprint density at radius 2 is 2.00 bits per heavy atom. The van der Waals surface area contributed by atoms with Crippen molar-refractivity contribution in [2.75, 3.05) is 5.32 Å². The average Bonchev–Trinajstić information content (AvgIpc) is 3.22. The van der Waals surface area contributed by atoms with Gasteiger partial charge in [0.2, 0.25) is 5.91 Å². The zero-order valence-electron chi connectivity index (χ0n) is 17.4. The second kappa shape index (κ2) is 7.83. The Labute approximate surface area is 180 Å². The molecule has 0 fully saturated rings. The van der Waals surface area contributed by atoms with E-state index in [0.29, 0.717) is 29.4 Å². The van der Waals surface area contributed by atoms with Gasteiger partial charge in [-0.25, -0.2) is 4.98 Å². The van der Waals surface area contributed by atoms with Crippen molar-refractivity contribution >= 4 is 22.6 Å². The summed E-state index contributed by atoms with van der Waals surface area (Å²) in [7, 11) is 0. The van der Waals surface area contributed by atoms with Crippen LogP contribution in [0.3, 0.4) is 0 Å². The van der Waals surface area contributed by atoms with Crippen molar-refractivity contribution in [1.29, 1.82) is 0 Å². The second-order valence-corrected chi connectivity index (χ2v) is 8.14. The number of hydrogen-bond donors (Lipinski definition) is 2. The summed E-state index contributed by atoms with van der Waals surface area (Å²) >= 11 is 0. The lowest BCUT2D eigenvalue weighted by Crippen LogP contribution is -2.19. The topological polar surface area (TPSA) is 98.7 Å². The summed E-state index contributed by atoms with van der Waals surface area (Å²) in [4.78, 5) is 21.5. The van der Waals surface area contributed by atoms with E-state index >= 15 is 0 Å². The number of carbonyl (C=O) groups excluding carboxylic acids is 1. The summed E-state index contributed by atoms with van der Waals surface area (Å²) in [6.45, 7) is 2.94. The molecule has 156 valence electrons. The van der Waals surface area contributed by atoms with Crippen molar-refractivity contribution in [1.82, 2.24) is 19.7 Å². The fourth-order valence-electron chi connectivity index (χ4n) is 4.22. The van der Waals surface area contributed by atoms with Crippen LogP contribution in [0.5, 0.6) is 0 Å². The Morgan fingerprint density at radius 1 is 1.16 bits per heavy atom. The molecule has 1 unspecified atom stereocenters. The number of amides is 1. The molecule has 0 radical (unpaired) electrons. The van der Waals surface area contributed by atoms with Crippen LogP contribution >= 0.6 is 0 Å². The number of hydrogen-bond acceptors (Lipinski definition) is 5. The molecule has 0 aliphatic heterocycles. The third kappa shape index (κ3) is 3.63. The van der Waals surface area contributed by atoms with E-state index in [0.717, 1.165) is 36.3 Å². The molecule has 0 bridgehead atoms. The van der Waals surface area contributed by atoms with Gasteiger partial charge in [0.15, 0.2) is 0 Å². The van der Waals surface area contributed by atoms with E-state index in [1.54, 1.807) is 23.0 Å². The molecule has 31 heavy (non-hydrogen) atoms. The first kappa shape index (κ1) is 19.2. The SMILES string of the molecule is CC1CCc2c(nc(-n3ncc4c(C(N)=O)cccc43)nc2NCc2ccccc2)C1. The van der Waals surface area contributed by atoms with Gasteiger partial charge in [-0.2, -0.15) is 14.8 Å². The Hall–Kier alpha value is -3.74. The van der Waals surface area contributed by atoms with Crippen LogP contribution in [0.25, 0.3) is 16.9 Å². The van der Waals surface area contributed by atoms with Gasteiger partial charge < -0.3 is 11.1 Å². The van der Waals surface area contributed by atoms with Crippen LogP contribution in [0.4, 0.5) is 5.82 Å². The summed E-state index contributed by atoms with van der Waals surface area (Å²) in [6, 6.07) is 15.7.